The first kappa shape index (κ1) is 18.0. The molecule has 0 spiro atoms. The SMILES string of the molecule is CCC1CCc2cc(F)c(-c3cc4c(-c5cnn(C)c5)n[nH]c4cn3)c(F)c2C1. The van der Waals surface area contributed by atoms with Gasteiger partial charge in [-0.05, 0) is 48.4 Å². The molecule has 1 aromatic carbocycles. The standard InChI is InChI=1S/C22H21F2N5/c1-3-12-4-5-13-7-17(23)20(21(24)15(13)6-12)18-8-16-19(10-25-18)27-28-22(16)14-9-26-29(2)11-14/h7-12H,3-6H2,1-2H3,(H,27,28). The second kappa shape index (κ2) is 6.76. The van der Waals surface area contributed by atoms with Crippen molar-refractivity contribution >= 4 is 10.9 Å². The number of rotatable bonds is 3. The van der Waals surface area contributed by atoms with E-state index in [1.807, 2.05) is 13.2 Å². The maximum Gasteiger partial charge on any atom is 0.139 e. The highest BCUT2D eigenvalue weighted by Gasteiger charge is 2.26. The number of pyridine rings is 1. The topological polar surface area (TPSA) is 59.4 Å². The summed E-state index contributed by atoms with van der Waals surface area (Å²) < 4.78 is 32.1. The molecule has 0 saturated heterocycles. The first-order valence-corrected chi connectivity index (χ1v) is 9.88. The highest BCUT2D eigenvalue weighted by molar-refractivity contribution is 5.94. The van der Waals surface area contributed by atoms with Crippen molar-refractivity contribution in [3.8, 4) is 22.5 Å². The number of nitrogens with zero attached hydrogens (tertiary/aromatic N) is 4. The third-order valence-electron chi connectivity index (χ3n) is 5.99. The van der Waals surface area contributed by atoms with Crippen molar-refractivity contribution in [2.75, 3.05) is 0 Å². The van der Waals surface area contributed by atoms with E-state index in [2.05, 4.69) is 27.2 Å². The van der Waals surface area contributed by atoms with Gasteiger partial charge in [0.1, 0.15) is 17.3 Å². The average molecular weight is 393 g/mol. The Hall–Kier alpha value is -3.09. The van der Waals surface area contributed by atoms with Crippen LogP contribution in [-0.4, -0.2) is 25.0 Å². The van der Waals surface area contributed by atoms with Gasteiger partial charge in [0.2, 0.25) is 0 Å². The van der Waals surface area contributed by atoms with Crippen LogP contribution in [0.3, 0.4) is 0 Å². The Bertz CT molecular complexity index is 1220. The van der Waals surface area contributed by atoms with E-state index in [0.717, 1.165) is 35.8 Å². The van der Waals surface area contributed by atoms with E-state index >= 15 is 4.39 Å². The molecule has 0 fully saturated rings. The van der Waals surface area contributed by atoms with Gasteiger partial charge < -0.3 is 0 Å². The van der Waals surface area contributed by atoms with Crippen molar-refractivity contribution in [2.24, 2.45) is 13.0 Å². The van der Waals surface area contributed by atoms with E-state index in [1.54, 1.807) is 23.1 Å². The zero-order chi connectivity index (χ0) is 20.1. The third kappa shape index (κ3) is 2.92. The summed E-state index contributed by atoms with van der Waals surface area (Å²) >= 11 is 0. The number of aryl methyl sites for hydroxylation is 2. The lowest BCUT2D eigenvalue weighted by Crippen LogP contribution is -2.16. The van der Waals surface area contributed by atoms with Crippen LogP contribution >= 0.6 is 0 Å². The fourth-order valence-electron chi connectivity index (χ4n) is 4.30. The first-order chi connectivity index (χ1) is 14.0. The Labute approximate surface area is 166 Å². The molecule has 3 heterocycles. The second-order valence-electron chi connectivity index (χ2n) is 7.79. The number of aromatic nitrogens is 5. The van der Waals surface area contributed by atoms with E-state index < -0.39 is 11.6 Å². The maximum absolute atomic E-state index is 15.4. The van der Waals surface area contributed by atoms with Crippen LogP contribution in [0.5, 0.6) is 0 Å². The summed E-state index contributed by atoms with van der Waals surface area (Å²) in [6, 6.07) is 3.19. The van der Waals surface area contributed by atoms with Crippen LogP contribution in [0.15, 0.2) is 30.7 Å². The summed E-state index contributed by atoms with van der Waals surface area (Å²) in [6.07, 6.45) is 8.49. The molecule has 0 bridgehead atoms. The smallest absolute Gasteiger partial charge is 0.139 e. The van der Waals surface area contributed by atoms with Crippen molar-refractivity contribution in [3.63, 3.8) is 0 Å². The number of H-pyrrole nitrogens is 1. The van der Waals surface area contributed by atoms with E-state index in [-0.39, 0.29) is 11.3 Å². The summed E-state index contributed by atoms with van der Waals surface area (Å²) in [5.74, 6) is -0.595. The molecule has 1 atom stereocenters. The Morgan fingerprint density at radius 1 is 1.24 bits per heavy atom. The zero-order valence-corrected chi connectivity index (χ0v) is 16.3. The molecular weight excluding hydrogens is 372 g/mol. The Balaban J connectivity index is 1.66. The van der Waals surface area contributed by atoms with Gasteiger partial charge in [0, 0.05) is 24.2 Å². The number of aromatic amines is 1. The van der Waals surface area contributed by atoms with Crippen LogP contribution in [0.2, 0.25) is 0 Å². The fourth-order valence-corrected chi connectivity index (χ4v) is 4.30. The number of hydrogen-bond donors (Lipinski definition) is 1. The molecule has 0 amide bonds. The normalized spacial score (nSPS) is 16.3. The number of nitrogens with one attached hydrogen (secondary N) is 1. The van der Waals surface area contributed by atoms with Gasteiger partial charge in [-0.25, -0.2) is 8.78 Å². The first-order valence-electron chi connectivity index (χ1n) is 9.88. The summed E-state index contributed by atoms with van der Waals surface area (Å²) in [5, 5.41) is 12.2. The van der Waals surface area contributed by atoms with Crippen molar-refractivity contribution in [1.29, 1.82) is 0 Å². The van der Waals surface area contributed by atoms with Gasteiger partial charge >= 0.3 is 0 Å². The molecule has 5 rings (SSSR count). The van der Waals surface area contributed by atoms with Crippen LogP contribution < -0.4 is 0 Å². The molecule has 1 N–H and O–H groups in total. The molecule has 7 heteroatoms. The van der Waals surface area contributed by atoms with Crippen LogP contribution in [0.4, 0.5) is 8.78 Å². The summed E-state index contributed by atoms with van der Waals surface area (Å²) in [7, 11) is 1.83. The lowest BCUT2D eigenvalue weighted by Gasteiger charge is -2.25. The molecule has 1 aliphatic carbocycles. The van der Waals surface area contributed by atoms with Gasteiger partial charge in [0.15, 0.2) is 0 Å². The zero-order valence-electron chi connectivity index (χ0n) is 16.3. The number of hydrogen-bond acceptors (Lipinski definition) is 3. The van der Waals surface area contributed by atoms with Gasteiger partial charge in [0.25, 0.3) is 0 Å². The summed E-state index contributed by atoms with van der Waals surface area (Å²) in [5.41, 5.74) is 3.86. The summed E-state index contributed by atoms with van der Waals surface area (Å²) in [6.45, 7) is 2.12. The minimum absolute atomic E-state index is 0.0549. The molecular formula is C22H21F2N5. The van der Waals surface area contributed by atoms with Crippen LogP contribution in [-0.2, 0) is 19.9 Å². The Morgan fingerprint density at radius 3 is 2.86 bits per heavy atom. The summed E-state index contributed by atoms with van der Waals surface area (Å²) in [4.78, 5) is 4.33. The van der Waals surface area contributed by atoms with Crippen molar-refractivity contribution in [3.05, 3.63) is 53.5 Å². The van der Waals surface area contributed by atoms with Gasteiger partial charge in [-0.2, -0.15) is 10.2 Å². The van der Waals surface area contributed by atoms with Gasteiger partial charge in [-0.3, -0.25) is 14.8 Å². The van der Waals surface area contributed by atoms with E-state index in [1.165, 1.54) is 6.07 Å². The average Bonchev–Trinajstić information content (AvgIpc) is 3.33. The molecule has 0 radical (unpaired) electrons. The van der Waals surface area contributed by atoms with Crippen LogP contribution in [0, 0.1) is 17.6 Å². The molecule has 148 valence electrons. The Kier molecular flexibility index (Phi) is 4.19. The van der Waals surface area contributed by atoms with Crippen molar-refractivity contribution in [1.82, 2.24) is 25.0 Å². The molecule has 3 aromatic heterocycles. The predicted molar refractivity (Wildman–Crippen MR) is 107 cm³/mol. The highest BCUT2D eigenvalue weighted by atomic mass is 19.1. The van der Waals surface area contributed by atoms with Crippen molar-refractivity contribution < 1.29 is 8.78 Å². The molecule has 0 aliphatic heterocycles. The van der Waals surface area contributed by atoms with Crippen molar-refractivity contribution in [2.45, 2.75) is 32.6 Å². The van der Waals surface area contributed by atoms with Gasteiger partial charge in [-0.15, -0.1) is 0 Å². The molecule has 29 heavy (non-hydrogen) atoms. The number of fused-ring (bicyclic) bond motifs is 2. The van der Waals surface area contributed by atoms with Gasteiger partial charge in [-0.1, -0.05) is 13.3 Å². The number of halogens is 2. The minimum atomic E-state index is -0.561. The Morgan fingerprint density at radius 2 is 2.10 bits per heavy atom. The van der Waals surface area contributed by atoms with Crippen LogP contribution in [0.1, 0.15) is 30.9 Å². The van der Waals surface area contributed by atoms with E-state index in [0.29, 0.717) is 29.1 Å². The number of benzene rings is 1. The monoisotopic (exact) mass is 393 g/mol. The lowest BCUT2D eigenvalue weighted by molar-refractivity contribution is 0.428. The van der Waals surface area contributed by atoms with Gasteiger partial charge in [0.05, 0.1) is 29.2 Å². The largest absolute Gasteiger partial charge is 0.276 e. The molecule has 4 aromatic rings. The van der Waals surface area contributed by atoms with E-state index in [4.69, 9.17) is 0 Å². The molecule has 5 nitrogen and oxygen atoms in total. The van der Waals surface area contributed by atoms with E-state index in [9.17, 15) is 4.39 Å². The third-order valence-corrected chi connectivity index (χ3v) is 5.99. The van der Waals surface area contributed by atoms with Crippen LogP contribution in [0.25, 0.3) is 33.4 Å². The fraction of sp³-hybridized carbons (Fsp3) is 0.318. The second-order valence-corrected chi connectivity index (χ2v) is 7.79. The quantitative estimate of drug-likeness (QED) is 0.543. The predicted octanol–water partition coefficient (Wildman–Crippen LogP) is 4.82. The maximum atomic E-state index is 15.4. The molecule has 0 saturated carbocycles. The lowest BCUT2D eigenvalue weighted by atomic mass is 9.81. The minimum Gasteiger partial charge on any atom is -0.276 e. The highest BCUT2D eigenvalue weighted by Crippen LogP contribution is 2.37. The molecule has 1 aliphatic rings. The molecule has 1 unspecified atom stereocenters.